The standard InChI is InChI=1S/C8H8FN/c1-6(2)7-3-8(9)5-10-4-7/h3-5H,1H2,2H3. The summed E-state index contributed by atoms with van der Waals surface area (Å²) < 4.78 is 12.4. The zero-order valence-corrected chi connectivity index (χ0v) is 5.76. The van der Waals surface area contributed by atoms with Crippen LogP contribution in [0.4, 0.5) is 4.39 Å². The quantitative estimate of drug-likeness (QED) is 0.578. The van der Waals surface area contributed by atoms with Crippen LogP contribution in [0.25, 0.3) is 5.57 Å². The molecule has 0 spiro atoms. The Morgan fingerprint density at radius 2 is 2.30 bits per heavy atom. The van der Waals surface area contributed by atoms with Crippen LogP contribution in [0.1, 0.15) is 12.5 Å². The summed E-state index contributed by atoms with van der Waals surface area (Å²) in [5.41, 5.74) is 1.58. The monoisotopic (exact) mass is 137 g/mol. The Bertz CT molecular complexity index is 255. The number of hydrogen-bond donors (Lipinski definition) is 0. The van der Waals surface area contributed by atoms with Crippen molar-refractivity contribution in [3.63, 3.8) is 0 Å². The summed E-state index contributed by atoms with van der Waals surface area (Å²) in [4.78, 5) is 3.67. The lowest BCUT2D eigenvalue weighted by molar-refractivity contribution is 0.621. The minimum atomic E-state index is -0.319. The van der Waals surface area contributed by atoms with E-state index >= 15 is 0 Å². The fourth-order valence-corrected chi connectivity index (χ4v) is 0.645. The Kier molecular flexibility index (Phi) is 1.81. The van der Waals surface area contributed by atoms with Crippen molar-refractivity contribution < 1.29 is 4.39 Å². The molecule has 0 aliphatic heterocycles. The van der Waals surface area contributed by atoms with E-state index in [0.29, 0.717) is 0 Å². The van der Waals surface area contributed by atoms with E-state index in [1.54, 1.807) is 6.20 Å². The molecule has 0 amide bonds. The van der Waals surface area contributed by atoms with Gasteiger partial charge in [0.05, 0.1) is 6.20 Å². The molecule has 0 radical (unpaired) electrons. The highest BCUT2D eigenvalue weighted by Crippen LogP contribution is 2.09. The van der Waals surface area contributed by atoms with Gasteiger partial charge >= 0.3 is 0 Å². The third-order valence-electron chi connectivity index (χ3n) is 1.20. The third-order valence-corrected chi connectivity index (χ3v) is 1.20. The molecular formula is C8H8FN. The number of pyridine rings is 1. The van der Waals surface area contributed by atoms with Gasteiger partial charge in [-0.2, -0.15) is 0 Å². The second-order valence-corrected chi connectivity index (χ2v) is 2.17. The first-order valence-corrected chi connectivity index (χ1v) is 2.96. The molecule has 52 valence electrons. The van der Waals surface area contributed by atoms with Crippen molar-refractivity contribution in [2.24, 2.45) is 0 Å². The van der Waals surface area contributed by atoms with E-state index in [1.807, 2.05) is 6.92 Å². The Balaban J connectivity index is 3.07. The van der Waals surface area contributed by atoms with Crippen LogP contribution in [0.3, 0.4) is 0 Å². The molecular weight excluding hydrogens is 129 g/mol. The predicted octanol–water partition coefficient (Wildman–Crippen LogP) is 2.25. The van der Waals surface area contributed by atoms with Gasteiger partial charge in [0.25, 0.3) is 0 Å². The summed E-state index contributed by atoms with van der Waals surface area (Å²) in [6, 6.07) is 1.41. The van der Waals surface area contributed by atoms with Crippen molar-refractivity contribution >= 4 is 5.57 Å². The van der Waals surface area contributed by atoms with Gasteiger partial charge in [0, 0.05) is 6.20 Å². The summed E-state index contributed by atoms with van der Waals surface area (Å²) in [5, 5.41) is 0. The summed E-state index contributed by atoms with van der Waals surface area (Å²) in [7, 11) is 0. The van der Waals surface area contributed by atoms with Gasteiger partial charge in [-0.25, -0.2) is 4.39 Å². The average molecular weight is 137 g/mol. The van der Waals surface area contributed by atoms with Gasteiger partial charge in [-0.05, 0) is 24.1 Å². The lowest BCUT2D eigenvalue weighted by atomic mass is 10.1. The van der Waals surface area contributed by atoms with Crippen molar-refractivity contribution in [1.82, 2.24) is 4.98 Å². The molecule has 10 heavy (non-hydrogen) atoms. The third kappa shape index (κ3) is 1.41. The van der Waals surface area contributed by atoms with Gasteiger partial charge in [0.2, 0.25) is 0 Å². The first-order valence-electron chi connectivity index (χ1n) is 2.96. The summed E-state index contributed by atoms with van der Waals surface area (Å²) in [5.74, 6) is -0.319. The van der Waals surface area contributed by atoms with E-state index in [4.69, 9.17) is 0 Å². The molecule has 0 aromatic carbocycles. The molecule has 1 rings (SSSR count). The molecule has 0 aliphatic carbocycles. The Morgan fingerprint density at radius 1 is 1.60 bits per heavy atom. The van der Waals surface area contributed by atoms with Gasteiger partial charge in [-0.1, -0.05) is 6.58 Å². The van der Waals surface area contributed by atoms with Crippen LogP contribution in [0.2, 0.25) is 0 Å². The Hall–Kier alpha value is -1.18. The molecule has 0 atom stereocenters. The molecule has 2 heteroatoms. The molecule has 0 N–H and O–H groups in total. The SMILES string of the molecule is C=C(C)c1cncc(F)c1. The van der Waals surface area contributed by atoms with E-state index in [2.05, 4.69) is 11.6 Å². The van der Waals surface area contributed by atoms with Crippen molar-refractivity contribution in [1.29, 1.82) is 0 Å². The van der Waals surface area contributed by atoms with Crippen LogP contribution in [0, 0.1) is 5.82 Å². The van der Waals surface area contributed by atoms with E-state index < -0.39 is 0 Å². The van der Waals surface area contributed by atoms with E-state index in [1.165, 1.54) is 12.3 Å². The molecule has 0 aliphatic rings. The highest BCUT2D eigenvalue weighted by molar-refractivity contribution is 5.59. The maximum atomic E-state index is 12.4. The number of halogens is 1. The van der Waals surface area contributed by atoms with Crippen LogP contribution in [0.15, 0.2) is 25.0 Å². The second-order valence-electron chi connectivity index (χ2n) is 2.17. The minimum absolute atomic E-state index is 0.319. The van der Waals surface area contributed by atoms with Gasteiger partial charge in [0.15, 0.2) is 0 Å². The van der Waals surface area contributed by atoms with Gasteiger partial charge < -0.3 is 0 Å². The summed E-state index contributed by atoms with van der Waals surface area (Å²) >= 11 is 0. The molecule has 0 fully saturated rings. The largest absolute Gasteiger partial charge is 0.261 e. The number of nitrogens with zero attached hydrogens (tertiary/aromatic N) is 1. The Morgan fingerprint density at radius 3 is 2.70 bits per heavy atom. The van der Waals surface area contributed by atoms with Gasteiger partial charge in [0.1, 0.15) is 5.82 Å². The minimum Gasteiger partial charge on any atom is -0.261 e. The van der Waals surface area contributed by atoms with E-state index in [0.717, 1.165) is 11.1 Å². The van der Waals surface area contributed by atoms with Crippen molar-refractivity contribution in [2.75, 3.05) is 0 Å². The molecule has 0 saturated heterocycles. The van der Waals surface area contributed by atoms with E-state index in [9.17, 15) is 4.39 Å². The first-order chi connectivity index (χ1) is 4.70. The van der Waals surface area contributed by atoms with Crippen LogP contribution < -0.4 is 0 Å². The lowest BCUT2D eigenvalue weighted by Gasteiger charge is -1.96. The van der Waals surface area contributed by atoms with Crippen LogP contribution >= 0.6 is 0 Å². The zero-order valence-electron chi connectivity index (χ0n) is 5.76. The summed E-state index contributed by atoms with van der Waals surface area (Å²) in [6.45, 7) is 5.48. The molecule has 0 bridgehead atoms. The van der Waals surface area contributed by atoms with Crippen molar-refractivity contribution in [3.8, 4) is 0 Å². The highest BCUT2D eigenvalue weighted by Gasteiger charge is 1.94. The average Bonchev–Trinajstić information content (AvgIpc) is 1.88. The second kappa shape index (κ2) is 2.60. The fraction of sp³-hybridized carbons (Fsp3) is 0.125. The first kappa shape index (κ1) is 6.93. The van der Waals surface area contributed by atoms with Crippen LogP contribution in [-0.4, -0.2) is 4.98 Å². The molecule has 1 nitrogen and oxygen atoms in total. The highest BCUT2D eigenvalue weighted by atomic mass is 19.1. The maximum Gasteiger partial charge on any atom is 0.142 e. The van der Waals surface area contributed by atoms with Crippen LogP contribution in [0.5, 0.6) is 0 Å². The number of allylic oxidation sites excluding steroid dienone is 1. The fourth-order valence-electron chi connectivity index (χ4n) is 0.645. The molecule has 1 aromatic rings. The Labute approximate surface area is 59.2 Å². The van der Waals surface area contributed by atoms with Gasteiger partial charge in [-0.15, -0.1) is 0 Å². The molecule has 0 saturated carbocycles. The zero-order chi connectivity index (χ0) is 7.56. The number of hydrogen-bond acceptors (Lipinski definition) is 1. The van der Waals surface area contributed by atoms with Crippen molar-refractivity contribution in [2.45, 2.75) is 6.92 Å². The number of rotatable bonds is 1. The topological polar surface area (TPSA) is 12.9 Å². The maximum absolute atomic E-state index is 12.4. The molecule has 0 unspecified atom stereocenters. The predicted molar refractivity (Wildman–Crippen MR) is 38.9 cm³/mol. The normalized spacial score (nSPS) is 9.40. The van der Waals surface area contributed by atoms with Crippen LogP contribution in [-0.2, 0) is 0 Å². The molecule has 1 heterocycles. The summed E-state index contributed by atoms with van der Waals surface area (Å²) in [6.07, 6.45) is 2.76. The smallest absolute Gasteiger partial charge is 0.142 e. The van der Waals surface area contributed by atoms with Gasteiger partial charge in [-0.3, -0.25) is 4.98 Å². The number of aromatic nitrogens is 1. The van der Waals surface area contributed by atoms with Crippen molar-refractivity contribution in [3.05, 3.63) is 36.4 Å². The van der Waals surface area contributed by atoms with E-state index in [-0.39, 0.29) is 5.82 Å². The lowest BCUT2D eigenvalue weighted by Crippen LogP contribution is -1.82. The molecule has 1 aromatic heterocycles.